The minimum atomic E-state index is -0.140. The Morgan fingerprint density at radius 3 is 2.20 bits per heavy atom. The summed E-state index contributed by atoms with van der Waals surface area (Å²) >= 11 is 0. The van der Waals surface area contributed by atoms with Crippen LogP contribution in [0.15, 0.2) is 48.9 Å². The third-order valence-corrected chi connectivity index (χ3v) is 7.83. The summed E-state index contributed by atoms with van der Waals surface area (Å²) in [5.41, 5.74) is 8.15. The van der Waals surface area contributed by atoms with E-state index in [9.17, 15) is 9.59 Å². The molecule has 1 fully saturated rings. The number of nitrogens with one attached hydrogen (secondary N) is 1. The van der Waals surface area contributed by atoms with E-state index in [4.69, 9.17) is 5.73 Å². The Labute approximate surface area is 238 Å². The fraction of sp³-hybridized carbons (Fsp3) is 0.548. The molecule has 0 atom stereocenters. The molecule has 40 heavy (non-hydrogen) atoms. The van der Waals surface area contributed by atoms with Gasteiger partial charge in [0.15, 0.2) is 0 Å². The zero-order chi connectivity index (χ0) is 28.0. The second kappa shape index (κ2) is 16.0. The second-order valence-corrected chi connectivity index (χ2v) is 10.8. The van der Waals surface area contributed by atoms with Crippen LogP contribution in [0, 0.1) is 0 Å². The number of benzene rings is 1. The first-order valence-corrected chi connectivity index (χ1v) is 15.0. The van der Waals surface area contributed by atoms with Gasteiger partial charge >= 0.3 is 0 Å². The number of aromatic nitrogens is 3. The fourth-order valence-electron chi connectivity index (χ4n) is 5.38. The molecule has 2 amide bonds. The molecule has 1 aliphatic rings. The summed E-state index contributed by atoms with van der Waals surface area (Å²) in [5.74, 6) is 0.322. The van der Waals surface area contributed by atoms with E-state index in [0.29, 0.717) is 18.7 Å². The Hall–Kier alpha value is -3.46. The molecule has 1 aliphatic heterocycles. The zero-order valence-corrected chi connectivity index (χ0v) is 23.8. The van der Waals surface area contributed by atoms with Crippen molar-refractivity contribution in [3.8, 4) is 0 Å². The Kier molecular flexibility index (Phi) is 11.8. The lowest BCUT2D eigenvalue weighted by Crippen LogP contribution is -2.49. The average Bonchev–Trinajstić information content (AvgIpc) is 3.38. The van der Waals surface area contributed by atoms with Crippen molar-refractivity contribution in [1.82, 2.24) is 29.7 Å². The first-order chi connectivity index (χ1) is 19.6. The number of amides is 2. The van der Waals surface area contributed by atoms with Crippen LogP contribution in [-0.4, -0.2) is 75.4 Å². The SMILES string of the molecule is Nc1ncccc1C(=O)NCCCCCCCCCCCCN1CCN(C(=O)Cn2cnc3ccccc32)CC1. The lowest BCUT2D eigenvalue weighted by atomic mass is 10.1. The summed E-state index contributed by atoms with van der Waals surface area (Å²) in [6.07, 6.45) is 15.7. The highest BCUT2D eigenvalue weighted by Crippen LogP contribution is 2.14. The van der Waals surface area contributed by atoms with Gasteiger partial charge in [-0.25, -0.2) is 9.97 Å². The second-order valence-electron chi connectivity index (χ2n) is 10.8. The van der Waals surface area contributed by atoms with Crippen molar-refractivity contribution in [2.75, 3.05) is 45.0 Å². The standard InChI is InChI=1S/C31H45N7O2/c32-30-26(14-13-18-33-30)31(40)34-17-11-7-5-3-1-2-4-6-8-12-19-36-20-22-37(23-21-36)29(39)24-38-25-35-27-15-9-10-16-28(27)38/h9-10,13-16,18,25H,1-8,11-12,17,19-24H2,(H2,32,33)(H,34,40). The first-order valence-electron chi connectivity index (χ1n) is 15.0. The van der Waals surface area contributed by atoms with Crippen LogP contribution in [0.4, 0.5) is 5.82 Å². The number of para-hydroxylation sites is 2. The van der Waals surface area contributed by atoms with Gasteiger partial charge in [0.25, 0.3) is 5.91 Å². The van der Waals surface area contributed by atoms with Gasteiger partial charge in [0.05, 0.1) is 22.9 Å². The normalized spacial score (nSPS) is 14.1. The quantitative estimate of drug-likeness (QED) is 0.256. The molecular weight excluding hydrogens is 502 g/mol. The van der Waals surface area contributed by atoms with Crippen molar-refractivity contribution in [2.45, 2.75) is 70.8 Å². The zero-order valence-electron chi connectivity index (χ0n) is 23.8. The topological polar surface area (TPSA) is 109 Å². The van der Waals surface area contributed by atoms with Gasteiger partial charge in [-0.2, -0.15) is 0 Å². The number of hydrogen-bond donors (Lipinski definition) is 2. The molecular formula is C31H45N7O2. The number of nitrogen functional groups attached to an aromatic ring is 1. The van der Waals surface area contributed by atoms with Gasteiger partial charge < -0.3 is 20.5 Å². The highest BCUT2D eigenvalue weighted by molar-refractivity contribution is 5.98. The van der Waals surface area contributed by atoms with E-state index in [1.807, 2.05) is 33.7 Å². The number of pyridine rings is 1. The molecule has 0 radical (unpaired) electrons. The number of unbranched alkanes of at least 4 members (excludes halogenated alkanes) is 9. The molecule has 1 saturated heterocycles. The maximum absolute atomic E-state index is 12.8. The van der Waals surface area contributed by atoms with Crippen LogP contribution < -0.4 is 11.1 Å². The summed E-state index contributed by atoms with van der Waals surface area (Å²) < 4.78 is 1.95. The summed E-state index contributed by atoms with van der Waals surface area (Å²) in [6, 6.07) is 11.4. The lowest BCUT2D eigenvalue weighted by Gasteiger charge is -2.34. The number of rotatable bonds is 16. The number of fused-ring (bicyclic) bond motifs is 1. The van der Waals surface area contributed by atoms with Gasteiger partial charge in [0, 0.05) is 38.9 Å². The van der Waals surface area contributed by atoms with Crippen LogP contribution in [0.25, 0.3) is 11.0 Å². The van der Waals surface area contributed by atoms with Crippen molar-refractivity contribution in [3.05, 3.63) is 54.5 Å². The van der Waals surface area contributed by atoms with Crippen molar-refractivity contribution in [3.63, 3.8) is 0 Å². The molecule has 0 unspecified atom stereocenters. The molecule has 0 aliphatic carbocycles. The van der Waals surface area contributed by atoms with Gasteiger partial charge in [-0.1, -0.05) is 63.5 Å². The highest BCUT2D eigenvalue weighted by atomic mass is 16.2. The number of carbonyl (C=O) groups excluding carboxylic acids is 2. The molecule has 3 aromatic rings. The van der Waals surface area contributed by atoms with E-state index < -0.39 is 0 Å². The van der Waals surface area contributed by atoms with E-state index in [1.54, 1.807) is 24.7 Å². The van der Waals surface area contributed by atoms with E-state index in [1.165, 1.54) is 51.4 Å². The molecule has 0 spiro atoms. The van der Waals surface area contributed by atoms with Gasteiger partial charge in [-0.05, 0) is 43.7 Å². The first kappa shape index (κ1) is 29.5. The van der Waals surface area contributed by atoms with Gasteiger partial charge in [-0.15, -0.1) is 0 Å². The molecule has 216 valence electrons. The number of piperazine rings is 1. The van der Waals surface area contributed by atoms with E-state index in [-0.39, 0.29) is 17.6 Å². The summed E-state index contributed by atoms with van der Waals surface area (Å²) in [6.45, 7) is 5.75. The summed E-state index contributed by atoms with van der Waals surface area (Å²) in [7, 11) is 0. The van der Waals surface area contributed by atoms with Crippen molar-refractivity contribution >= 4 is 28.7 Å². The van der Waals surface area contributed by atoms with Crippen LogP contribution in [0.3, 0.4) is 0 Å². The van der Waals surface area contributed by atoms with Crippen molar-refractivity contribution in [1.29, 1.82) is 0 Å². The molecule has 0 bridgehead atoms. The van der Waals surface area contributed by atoms with Gasteiger partial charge in [-0.3, -0.25) is 14.5 Å². The van der Waals surface area contributed by atoms with Crippen LogP contribution in [0.5, 0.6) is 0 Å². The fourth-order valence-corrected chi connectivity index (χ4v) is 5.38. The summed E-state index contributed by atoms with van der Waals surface area (Å²) in [4.78, 5) is 37.8. The van der Waals surface area contributed by atoms with Crippen LogP contribution >= 0.6 is 0 Å². The van der Waals surface area contributed by atoms with Crippen LogP contribution in [0.2, 0.25) is 0 Å². The third-order valence-electron chi connectivity index (χ3n) is 7.83. The number of imidazole rings is 1. The predicted molar refractivity (Wildman–Crippen MR) is 160 cm³/mol. The lowest BCUT2D eigenvalue weighted by molar-refractivity contribution is -0.133. The molecule has 4 rings (SSSR count). The van der Waals surface area contributed by atoms with Crippen LogP contribution in [0.1, 0.15) is 74.6 Å². The number of hydrogen-bond acceptors (Lipinski definition) is 6. The summed E-state index contributed by atoms with van der Waals surface area (Å²) in [5, 5.41) is 2.93. The Morgan fingerprint density at radius 2 is 1.48 bits per heavy atom. The van der Waals surface area contributed by atoms with E-state index in [0.717, 1.165) is 56.6 Å². The molecule has 1 aromatic carbocycles. The number of nitrogens with two attached hydrogens (primary N) is 1. The van der Waals surface area contributed by atoms with Crippen molar-refractivity contribution < 1.29 is 9.59 Å². The van der Waals surface area contributed by atoms with E-state index in [2.05, 4.69) is 20.2 Å². The highest BCUT2D eigenvalue weighted by Gasteiger charge is 2.21. The predicted octanol–water partition coefficient (Wildman–Crippen LogP) is 4.49. The largest absolute Gasteiger partial charge is 0.383 e. The molecule has 2 aromatic heterocycles. The van der Waals surface area contributed by atoms with Crippen LogP contribution in [-0.2, 0) is 11.3 Å². The Bertz CT molecular complexity index is 1200. The maximum Gasteiger partial charge on any atom is 0.255 e. The molecule has 3 N–H and O–H groups in total. The van der Waals surface area contributed by atoms with Crippen molar-refractivity contribution in [2.24, 2.45) is 0 Å². The monoisotopic (exact) mass is 547 g/mol. The minimum Gasteiger partial charge on any atom is -0.383 e. The maximum atomic E-state index is 12.8. The van der Waals surface area contributed by atoms with Gasteiger partial charge in [0.1, 0.15) is 12.4 Å². The number of carbonyl (C=O) groups is 2. The average molecular weight is 548 g/mol. The van der Waals surface area contributed by atoms with Gasteiger partial charge in [0.2, 0.25) is 5.91 Å². The smallest absolute Gasteiger partial charge is 0.255 e. The Balaban J connectivity index is 0.941. The number of anilines is 1. The molecule has 3 heterocycles. The third kappa shape index (κ3) is 9.05. The molecule has 9 heteroatoms. The molecule has 0 saturated carbocycles. The minimum absolute atomic E-state index is 0.140. The molecule has 9 nitrogen and oxygen atoms in total. The van der Waals surface area contributed by atoms with E-state index >= 15 is 0 Å². The Morgan fingerprint density at radius 1 is 0.800 bits per heavy atom. The number of nitrogens with zero attached hydrogens (tertiary/aromatic N) is 5.